The van der Waals surface area contributed by atoms with Gasteiger partial charge >= 0.3 is 0 Å². The number of aromatic nitrogens is 1. The van der Waals surface area contributed by atoms with Crippen LogP contribution in [0.2, 0.25) is 0 Å². The fourth-order valence-electron chi connectivity index (χ4n) is 3.49. The number of pyridine rings is 1. The summed E-state index contributed by atoms with van der Waals surface area (Å²) in [5.74, 6) is -0.228. The number of fused-ring (bicyclic) bond motifs is 1. The van der Waals surface area contributed by atoms with Crippen molar-refractivity contribution in [1.82, 2.24) is 4.98 Å². The summed E-state index contributed by atoms with van der Waals surface area (Å²) < 4.78 is 0. The molecule has 0 radical (unpaired) electrons. The molecular weight excluding hydrogens is 350 g/mol. The third kappa shape index (κ3) is 3.02. The number of rotatable bonds is 3. The summed E-state index contributed by atoms with van der Waals surface area (Å²) in [6, 6.07) is 15.5. The largest absolute Gasteiger partial charge is 0.398 e. The van der Waals surface area contributed by atoms with Crippen molar-refractivity contribution >= 4 is 28.2 Å². The van der Waals surface area contributed by atoms with Gasteiger partial charge in [0.15, 0.2) is 0 Å². The Morgan fingerprint density at radius 1 is 1.29 bits per heavy atom. The zero-order valence-electron chi connectivity index (χ0n) is 15.2. The average Bonchev–Trinajstić information content (AvgIpc) is 3.47. The molecule has 1 saturated carbocycles. The molecule has 6 nitrogen and oxygen atoms in total. The van der Waals surface area contributed by atoms with Gasteiger partial charge in [-0.2, -0.15) is 10.5 Å². The number of nitrogen functional groups attached to an aromatic ring is 1. The molecule has 3 N–H and O–H groups in total. The topological polar surface area (TPSA) is 116 Å². The van der Waals surface area contributed by atoms with Gasteiger partial charge in [-0.1, -0.05) is 12.1 Å². The predicted molar refractivity (Wildman–Crippen MR) is 107 cm³/mol. The van der Waals surface area contributed by atoms with Crippen LogP contribution < -0.4 is 11.1 Å². The highest BCUT2D eigenvalue weighted by Gasteiger charge is 2.43. The lowest BCUT2D eigenvalue weighted by molar-refractivity contribution is -0.117. The molecule has 6 heteroatoms. The fraction of sp³-hybridized carbons (Fsp3) is 0.182. The molecule has 3 aromatic rings. The van der Waals surface area contributed by atoms with Crippen LogP contribution in [0.25, 0.3) is 21.9 Å². The molecule has 1 heterocycles. The molecule has 0 aliphatic heterocycles. The summed E-state index contributed by atoms with van der Waals surface area (Å²) in [4.78, 5) is 16.5. The quantitative estimate of drug-likeness (QED) is 0.684. The Morgan fingerprint density at radius 2 is 2.11 bits per heavy atom. The molecule has 0 bridgehead atoms. The Labute approximate surface area is 162 Å². The highest BCUT2D eigenvalue weighted by atomic mass is 16.2. The van der Waals surface area contributed by atoms with E-state index in [-0.39, 0.29) is 17.7 Å². The molecule has 1 aliphatic rings. The number of amides is 1. The first-order valence-corrected chi connectivity index (χ1v) is 8.91. The molecule has 1 aliphatic carbocycles. The first kappa shape index (κ1) is 17.5. The van der Waals surface area contributed by atoms with Gasteiger partial charge in [0, 0.05) is 22.8 Å². The molecule has 2 aromatic carbocycles. The van der Waals surface area contributed by atoms with Crippen LogP contribution in [0.4, 0.5) is 11.5 Å². The summed E-state index contributed by atoms with van der Waals surface area (Å²) in [5, 5.41) is 22.7. The van der Waals surface area contributed by atoms with Crippen LogP contribution in [0.15, 0.2) is 42.6 Å². The van der Waals surface area contributed by atoms with Gasteiger partial charge in [-0.15, -0.1) is 0 Å². The molecule has 28 heavy (non-hydrogen) atoms. The Balaban J connectivity index is 1.75. The number of anilines is 2. The number of hydrogen-bond acceptors (Lipinski definition) is 5. The molecule has 2 atom stereocenters. The highest BCUT2D eigenvalue weighted by molar-refractivity contribution is 6.00. The second-order valence-electron chi connectivity index (χ2n) is 7.03. The van der Waals surface area contributed by atoms with Gasteiger partial charge in [0.05, 0.1) is 29.5 Å². The molecule has 1 amide bonds. The van der Waals surface area contributed by atoms with Gasteiger partial charge in [0.1, 0.15) is 5.82 Å². The number of nitrogens with one attached hydrogen (secondary N) is 1. The van der Waals surface area contributed by atoms with Crippen molar-refractivity contribution < 1.29 is 4.79 Å². The van der Waals surface area contributed by atoms with E-state index in [0.717, 1.165) is 27.5 Å². The SMILES string of the molecule is Cc1cccc(C#N)c1-c1cc(N)c2cnc(NC(=O)[C@H]3CC3C#N)cc2c1. The standard InChI is InChI=1S/C22H17N5O/c1-12-3-2-4-13(9-23)21(12)15-5-14-8-20(26-11-18(14)19(25)7-15)27-22(28)17-6-16(17)10-24/h2-5,7-8,11,16-17H,6,25H2,1H3,(H,26,27,28)/t16?,17-/m0/s1. The van der Waals surface area contributed by atoms with Gasteiger partial charge in [0.2, 0.25) is 5.91 Å². The van der Waals surface area contributed by atoms with Crippen LogP contribution in [0.1, 0.15) is 17.5 Å². The second-order valence-corrected chi connectivity index (χ2v) is 7.03. The number of benzene rings is 2. The van der Waals surface area contributed by atoms with Gasteiger partial charge in [-0.05, 0) is 54.1 Å². The van der Waals surface area contributed by atoms with Crippen molar-refractivity contribution in [3.05, 3.63) is 53.7 Å². The number of aryl methyl sites for hydroxylation is 1. The molecule has 136 valence electrons. The fourth-order valence-corrected chi connectivity index (χ4v) is 3.49. The van der Waals surface area contributed by atoms with Crippen molar-refractivity contribution in [2.75, 3.05) is 11.1 Å². The Kier molecular flexibility index (Phi) is 4.18. The van der Waals surface area contributed by atoms with E-state index < -0.39 is 0 Å². The van der Waals surface area contributed by atoms with Crippen LogP contribution >= 0.6 is 0 Å². The number of nitriles is 2. The first-order chi connectivity index (χ1) is 13.5. The minimum absolute atomic E-state index is 0.187. The molecule has 0 spiro atoms. The van der Waals surface area contributed by atoms with Crippen LogP contribution in [0, 0.1) is 41.4 Å². The van der Waals surface area contributed by atoms with Crippen LogP contribution in [0.3, 0.4) is 0 Å². The third-order valence-electron chi connectivity index (χ3n) is 5.10. The molecule has 0 saturated heterocycles. The van der Waals surface area contributed by atoms with Gasteiger partial charge in [-0.3, -0.25) is 4.79 Å². The van der Waals surface area contributed by atoms with Gasteiger partial charge < -0.3 is 11.1 Å². The first-order valence-electron chi connectivity index (χ1n) is 8.91. The number of nitrogens with two attached hydrogens (primary N) is 1. The lowest BCUT2D eigenvalue weighted by Gasteiger charge is -2.12. The number of nitrogens with zero attached hydrogens (tertiary/aromatic N) is 3. The second kappa shape index (κ2) is 6.68. The Morgan fingerprint density at radius 3 is 2.82 bits per heavy atom. The maximum Gasteiger partial charge on any atom is 0.230 e. The normalized spacial score (nSPS) is 17.5. The van der Waals surface area contributed by atoms with Gasteiger partial charge in [0.25, 0.3) is 0 Å². The number of hydrogen-bond donors (Lipinski definition) is 2. The van der Waals surface area contributed by atoms with E-state index in [9.17, 15) is 10.1 Å². The summed E-state index contributed by atoms with van der Waals surface area (Å²) in [7, 11) is 0. The summed E-state index contributed by atoms with van der Waals surface area (Å²) >= 11 is 0. The number of carbonyl (C=O) groups excluding carboxylic acids is 1. The van der Waals surface area contributed by atoms with E-state index in [0.29, 0.717) is 23.5 Å². The van der Waals surface area contributed by atoms with E-state index in [1.54, 1.807) is 18.3 Å². The van der Waals surface area contributed by atoms with E-state index >= 15 is 0 Å². The molecule has 1 fully saturated rings. The Bertz CT molecular complexity index is 1200. The molecular formula is C22H17N5O. The van der Waals surface area contributed by atoms with Crippen LogP contribution in [-0.2, 0) is 4.79 Å². The van der Waals surface area contributed by atoms with Crippen molar-refractivity contribution in [3.8, 4) is 23.3 Å². The number of carbonyl (C=O) groups is 1. The molecule has 1 unspecified atom stereocenters. The van der Waals surface area contributed by atoms with E-state index in [4.69, 9.17) is 11.0 Å². The molecule has 4 rings (SSSR count). The van der Waals surface area contributed by atoms with Crippen molar-refractivity contribution in [3.63, 3.8) is 0 Å². The van der Waals surface area contributed by atoms with E-state index in [1.807, 2.05) is 31.2 Å². The zero-order valence-corrected chi connectivity index (χ0v) is 15.2. The predicted octanol–water partition coefficient (Wildman–Crippen LogP) is 3.76. The summed E-state index contributed by atoms with van der Waals surface area (Å²) in [6.45, 7) is 1.95. The van der Waals surface area contributed by atoms with E-state index in [2.05, 4.69) is 22.4 Å². The Hall–Kier alpha value is -3.90. The van der Waals surface area contributed by atoms with Crippen LogP contribution in [-0.4, -0.2) is 10.9 Å². The molecule has 1 aromatic heterocycles. The average molecular weight is 367 g/mol. The van der Waals surface area contributed by atoms with Gasteiger partial charge in [-0.25, -0.2) is 4.98 Å². The highest BCUT2D eigenvalue weighted by Crippen LogP contribution is 2.39. The monoisotopic (exact) mass is 367 g/mol. The van der Waals surface area contributed by atoms with E-state index in [1.165, 1.54) is 0 Å². The summed E-state index contributed by atoms with van der Waals surface area (Å²) in [6.07, 6.45) is 2.22. The zero-order chi connectivity index (χ0) is 19.8. The van der Waals surface area contributed by atoms with Crippen molar-refractivity contribution in [2.45, 2.75) is 13.3 Å². The van der Waals surface area contributed by atoms with Crippen molar-refractivity contribution in [1.29, 1.82) is 10.5 Å². The maximum atomic E-state index is 12.2. The lowest BCUT2D eigenvalue weighted by atomic mass is 9.93. The van der Waals surface area contributed by atoms with Crippen LogP contribution in [0.5, 0.6) is 0 Å². The minimum Gasteiger partial charge on any atom is -0.398 e. The smallest absolute Gasteiger partial charge is 0.230 e. The lowest BCUT2D eigenvalue weighted by Crippen LogP contribution is -2.15. The third-order valence-corrected chi connectivity index (χ3v) is 5.10. The van der Waals surface area contributed by atoms with Crippen molar-refractivity contribution in [2.24, 2.45) is 11.8 Å². The summed E-state index contributed by atoms with van der Waals surface area (Å²) in [5.41, 5.74) is 10.0. The minimum atomic E-state index is -0.260. The maximum absolute atomic E-state index is 12.2.